The number of benzene rings is 2. The van der Waals surface area contributed by atoms with Gasteiger partial charge >= 0.3 is 0 Å². The quantitative estimate of drug-likeness (QED) is 0.570. The molecule has 2 aliphatic rings. The Morgan fingerprint density at radius 1 is 1.00 bits per heavy atom. The zero-order valence-electron chi connectivity index (χ0n) is 18.4. The van der Waals surface area contributed by atoms with Crippen molar-refractivity contribution in [1.29, 1.82) is 0 Å². The van der Waals surface area contributed by atoms with Crippen molar-refractivity contribution in [2.75, 3.05) is 26.2 Å². The van der Waals surface area contributed by atoms with Crippen LogP contribution in [0.2, 0.25) is 5.02 Å². The lowest BCUT2D eigenvalue weighted by molar-refractivity contribution is -0.131. The number of rotatable bonds is 4. The van der Waals surface area contributed by atoms with Crippen molar-refractivity contribution in [2.45, 2.75) is 25.7 Å². The molecule has 176 valence electrons. The van der Waals surface area contributed by atoms with Gasteiger partial charge in [0.25, 0.3) is 5.91 Å². The second kappa shape index (κ2) is 9.52. The first-order chi connectivity index (χ1) is 16.5. The molecule has 10 heteroatoms. The van der Waals surface area contributed by atoms with E-state index in [2.05, 4.69) is 10.3 Å². The van der Waals surface area contributed by atoms with Crippen LogP contribution >= 0.6 is 11.6 Å². The highest BCUT2D eigenvalue weighted by Gasteiger charge is 2.32. The van der Waals surface area contributed by atoms with Crippen molar-refractivity contribution in [1.82, 2.24) is 24.8 Å². The Kier molecular flexibility index (Phi) is 6.30. The summed E-state index contributed by atoms with van der Waals surface area (Å²) < 4.78 is 20.8. The van der Waals surface area contributed by atoms with Gasteiger partial charge in [0.05, 0.1) is 25.3 Å². The Morgan fingerprint density at radius 2 is 1.68 bits per heavy atom. The zero-order valence-corrected chi connectivity index (χ0v) is 19.1. The lowest BCUT2D eigenvalue weighted by atomic mass is 10.1. The number of aromatic nitrogens is 3. The first-order valence-corrected chi connectivity index (χ1v) is 11.5. The molecule has 0 aliphatic carbocycles. The normalized spacial score (nSPS) is 18.0. The van der Waals surface area contributed by atoms with Gasteiger partial charge in [-0.05, 0) is 35.4 Å². The fraction of sp³-hybridized carbons (Fsp3) is 0.333. The molecule has 0 N–H and O–H groups in total. The number of hydrogen-bond donors (Lipinski definition) is 0. The number of ether oxygens (including phenoxy) is 1. The Morgan fingerprint density at radius 3 is 2.38 bits per heavy atom. The maximum absolute atomic E-state index is 13.1. The van der Waals surface area contributed by atoms with Gasteiger partial charge in [-0.3, -0.25) is 9.59 Å². The van der Waals surface area contributed by atoms with Gasteiger partial charge in [0.15, 0.2) is 5.69 Å². The van der Waals surface area contributed by atoms with Gasteiger partial charge in [-0.1, -0.05) is 41.1 Å². The van der Waals surface area contributed by atoms with Crippen molar-refractivity contribution < 1.29 is 18.7 Å². The zero-order chi connectivity index (χ0) is 23.7. The third-order valence-electron chi connectivity index (χ3n) is 6.23. The number of carbonyl (C=O) groups excluding carboxylic acids is 2. The molecule has 1 saturated heterocycles. The van der Waals surface area contributed by atoms with Crippen LogP contribution in [0.25, 0.3) is 0 Å². The van der Waals surface area contributed by atoms with E-state index in [1.54, 1.807) is 26.6 Å². The maximum atomic E-state index is 13.1. The number of halogens is 2. The van der Waals surface area contributed by atoms with E-state index < -0.39 is 0 Å². The van der Waals surface area contributed by atoms with Gasteiger partial charge in [0.1, 0.15) is 11.9 Å². The average molecular weight is 484 g/mol. The summed E-state index contributed by atoms with van der Waals surface area (Å²) in [4.78, 5) is 29.1. The first-order valence-electron chi connectivity index (χ1n) is 11.1. The lowest BCUT2D eigenvalue weighted by Crippen LogP contribution is -2.51. The Hall–Kier alpha value is -3.30. The van der Waals surface area contributed by atoms with Crippen LogP contribution in [0.3, 0.4) is 0 Å². The molecule has 0 saturated carbocycles. The van der Waals surface area contributed by atoms with Gasteiger partial charge in [-0.15, -0.1) is 5.10 Å². The van der Waals surface area contributed by atoms with E-state index in [-0.39, 0.29) is 36.8 Å². The molecule has 3 aromatic rings. The van der Waals surface area contributed by atoms with Crippen LogP contribution < -0.4 is 0 Å². The van der Waals surface area contributed by atoms with Crippen molar-refractivity contribution >= 4 is 23.4 Å². The van der Waals surface area contributed by atoms with Crippen LogP contribution in [0.5, 0.6) is 0 Å². The van der Waals surface area contributed by atoms with E-state index in [4.69, 9.17) is 16.3 Å². The molecule has 0 unspecified atom stereocenters. The van der Waals surface area contributed by atoms with E-state index >= 15 is 0 Å². The topological polar surface area (TPSA) is 80.6 Å². The van der Waals surface area contributed by atoms with Crippen LogP contribution in [0.4, 0.5) is 4.39 Å². The van der Waals surface area contributed by atoms with Crippen LogP contribution in [0.1, 0.15) is 33.4 Å². The van der Waals surface area contributed by atoms with Crippen LogP contribution in [-0.4, -0.2) is 62.8 Å². The minimum absolute atomic E-state index is 0.0404. The number of piperazine rings is 1. The first kappa shape index (κ1) is 22.5. The molecule has 2 aromatic carbocycles. The third-order valence-corrected chi connectivity index (χ3v) is 6.48. The largest absolute Gasteiger partial charge is 0.365 e. The van der Waals surface area contributed by atoms with Gasteiger partial charge in [0.2, 0.25) is 5.91 Å². The molecule has 1 aromatic heterocycles. The highest BCUT2D eigenvalue weighted by atomic mass is 35.5. The molecule has 8 nitrogen and oxygen atoms in total. The molecule has 0 radical (unpaired) electrons. The highest BCUT2D eigenvalue weighted by molar-refractivity contribution is 6.30. The second-order valence-electron chi connectivity index (χ2n) is 8.39. The summed E-state index contributed by atoms with van der Waals surface area (Å²) in [7, 11) is 0. The minimum Gasteiger partial charge on any atom is -0.365 e. The number of fused-ring (bicyclic) bond motifs is 1. The Balaban J connectivity index is 1.18. The molecule has 5 rings (SSSR count). The fourth-order valence-electron chi connectivity index (χ4n) is 4.25. The standard InChI is InChI=1S/C24H23ClFN5O3/c25-18-5-3-17(4-6-18)21-14-31-20(15-34-21)23(27-28-31)24(33)30-11-9-29(10-12-30)22(32)13-16-1-7-19(26)8-2-16/h1-8,21H,9-15H2/t21-/m1/s1. The van der Waals surface area contributed by atoms with Gasteiger partial charge in [-0.25, -0.2) is 9.07 Å². The smallest absolute Gasteiger partial charge is 0.276 e. The number of hydrogen-bond acceptors (Lipinski definition) is 5. The Labute approximate surface area is 200 Å². The van der Waals surface area contributed by atoms with Gasteiger partial charge in [-0.2, -0.15) is 0 Å². The van der Waals surface area contributed by atoms with E-state index in [1.165, 1.54) is 12.1 Å². The molecule has 0 bridgehead atoms. The molecule has 2 amide bonds. The fourth-order valence-corrected chi connectivity index (χ4v) is 4.38. The predicted molar refractivity (Wildman–Crippen MR) is 122 cm³/mol. The molecule has 2 aliphatic heterocycles. The SMILES string of the molecule is O=C(Cc1ccc(F)cc1)N1CCN(C(=O)c2nnn3c2CO[C@@H](c2ccc(Cl)cc2)C3)CC1. The van der Waals surface area contributed by atoms with Gasteiger partial charge < -0.3 is 14.5 Å². The summed E-state index contributed by atoms with van der Waals surface area (Å²) in [6.07, 6.45) is 0.0174. The molecule has 1 fully saturated rings. The molecular weight excluding hydrogens is 461 g/mol. The van der Waals surface area contributed by atoms with Crippen molar-refractivity contribution in [3.63, 3.8) is 0 Å². The number of carbonyl (C=O) groups is 2. The number of amides is 2. The summed E-state index contributed by atoms with van der Waals surface area (Å²) in [6.45, 7) is 2.39. The third kappa shape index (κ3) is 4.67. The molecule has 3 heterocycles. The second-order valence-corrected chi connectivity index (χ2v) is 8.83. The molecular formula is C24H23ClFN5O3. The van der Waals surface area contributed by atoms with Crippen LogP contribution in [-0.2, 0) is 29.1 Å². The van der Waals surface area contributed by atoms with E-state index in [0.29, 0.717) is 49.1 Å². The van der Waals surface area contributed by atoms with Crippen LogP contribution in [0.15, 0.2) is 48.5 Å². The monoisotopic (exact) mass is 483 g/mol. The molecule has 0 spiro atoms. The van der Waals surface area contributed by atoms with E-state index in [0.717, 1.165) is 11.1 Å². The Bertz CT molecular complexity index is 1190. The maximum Gasteiger partial charge on any atom is 0.276 e. The van der Waals surface area contributed by atoms with E-state index in [9.17, 15) is 14.0 Å². The van der Waals surface area contributed by atoms with Gasteiger partial charge in [0, 0.05) is 31.2 Å². The lowest BCUT2D eigenvalue weighted by Gasteiger charge is -2.34. The number of nitrogens with zero attached hydrogens (tertiary/aromatic N) is 5. The summed E-state index contributed by atoms with van der Waals surface area (Å²) in [5.41, 5.74) is 2.70. The van der Waals surface area contributed by atoms with Crippen molar-refractivity contribution in [3.05, 3.63) is 81.9 Å². The van der Waals surface area contributed by atoms with Crippen molar-refractivity contribution in [3.8, 4) is 0 Å². The minimum atomic E-state index is -0.329. The summed E-state index contributed by atoms with van der Waals surface area (Å²) in [5.74, 6) is -0.577. The van der Waals surface area contributed by atoms with E-state index in [1.807, 2.05) is 24.3 Å². The highest BCUT2D eigenvalue weighted by Crippen LogP contribution is 2.28. The van der Waals surface area contributed by atoms with Crippen molar-refractivity contribution in [2.24, 2.45) is 0 Å². The molecule has 1 atom stereocenters. The van der Waals surface area contributed by atoms with Crippen LogP contribution in [0, 0.1) is 5.82 Å². The predicted octanol–water partition coefficient (Wildman–Crippen LogP) is 2.87. The summed E-state index contributed by atoms with van der Waals surface area (Å²) in [6, 6.07) is 13.4. The summed E-state index contributed by atoms with van der Waals surface area (Å²) >= 11 is 5.97. The average Bonchev–Trinajstić information content (AvgIpc) is 3.29. The summed E-state index contributed by atoms with van der Waals surface area (Å²) in [5, 5.41) is 8.98. The molecule has 34 heavy (non-hydrogen) atoms.